The van der Waals surface area contributed by atoms with E-state index in [1.807, 2.05) is 4.68 Å². The Balaban J connectivity index is 1.67. The van der Waals surface area contributed by atoms with Crippen molar-refractivity contribution in [2.75, 3.05) is 0 Å². The lowest BCUT2D eigenvalue weighted by Gasteiger charge is -2.33. The van der Waals surface area contributed by atoms with Gasteiger partial charge in [-0.1, -0.05) is 12.8 Å². The number of aromatic nitrogens is 2. The molecule has 3 unspecified atom stereocenters. The molecule has 3 atom stereocenters. The van der Waals surface area contributed by atoms with Gasteiger partial charge >= 0.3 is 5.97 Å². The summed E-state index contributed by atoms with van der Waals surface area (Å²) in [6.45, 7) is 0.858. The molecule has 0 radical (unpaired) electrons. The highest BCUT2D eigenvalue weighted by atomic mass is 16.4. The Morgan fingerprint density at radius 1 is 1.17 bits per heavy atom. The number of fused-ring (bicyclic) bond motifs is 2. The SMILES string of the molecule is O=C(O)C1CC2CCCCC2N1C(=O)c1cnn2c1CCCC2. The maximum Gasteiger partial charge on any atom is 0.326 e. The summed E-state index contributed by atoms with van der Waals surface area (Å²) >= 11 is 0. The van der Waals surface area contributed by atoms with Crippen LogP contribution in [0.4, 0.5) is 0 Å². The van der Waals surface area contributed by atoms with Gasteiger partial charge in [0.15, 0.2) is 0 Å². The van der Waals surface area contributed by atoms with Crippen molar-refractivity contribution in [3.05, 3.63) is 17.5 Å². The largest absolute Gasteiger partial charge is 0.480 e. The van der Waals surface area contributed by atoms with Crippen LogP contribution < -0.4 is 0 Å². The number of aliphatic carboxylic acids is 1. The van der Waals surface area contributed by atoms with Gasteiger partial charge in [0.05, 0.1) is 17.5 Å². The number of amides is 1. The number of aryl methyl sites for hydroxylation is 1. The molecule has 23 heavy (non-hydrogen) atoms. The monoisotopic (exact) mass is 317 g/mol. The third-order valence-electron chi connectivity index (χ3n) is 5.82. The molecule has 6 heteroatoms. The van der Waals surface area contributed by atoms with Crippen molar-refractivity contribution in [3.63, 3.8) is 0 Å². The number of rotatable bonds is 2. The normalized spacial score (nSPS) is 29.9. The van der Waals surface area contributed by atoms with Crippen LogP contribution in [0.1, 0.15) is 61.0 Å². The van der Waals surface area contributed by atoms with E-state index < -0.39 is 12.0 Å². The summed E-state index contributed by atoms with van der Waals surface area (Å²) in [7, 11) is 0. The molecule has 1 saturated carbocycles. The molecule has 2 fully saturated rings. The fraction of sp³-hybridized carbons (Fsp3) is 0.706. The molecule has 3 aliphatic rings. The summed E-state index contributed by atoms with van der Waals surface area (Å²) in [5, 5.41) is 13.9. The van der Waals surface area contributed by atoms with Gasteiger partial charge in [0, 0.05) is 12.6 Å². The highest BCUT2D eigenvalue weighted by molar-refractivity contribution is 5.98. The van der Waals surface area contributed by atoms with Crippen molar-refractivity contribution in [2.45, 2.75) is 70.0 Å². The van der Waals surface area contributed by atoms with Crippen LogP contribution in [-0.4, -0.2) is 43.7 Å². The number of likely N-dealkylation sites (tertiary alicyclic amines) is 1. The molecule has 1 amide bonds. The summed E-state index contributed by atoms with van der Waals surface area (Å²) in [6.07, 6.45) is 9.50. The number of hydrogen-bond acceptors (Lipinski definition) is 3. The fourth-order valence-electron chi connectivity index (χ4n) is 4.71. The average molecular weight is 317 g/mol. The lowest BCUT2D eigenvalue weighted by atomic mass is 9.84. The summed E-state index contributed by atoms with van der Waals surface area (Å²) in [4.78, 5) is 26.5. The minimum Gasteiger partial charge on any atom is -0.480 e. The van der Waals surface area contributed by atoms with Gasteiger partial charge in [-0.25, -0.2) is 4.79 Å². The second-order valence-electron chi connectivity index (χ2n) is 7.10. The van der Waals surface area contributed by atoms with Crippen molar-refractivity contribution in [2.24, 2.45) is 5.92 Å². The topological polar surface area (TPSA) is 75.4 Å². The first-order valence-electron chi connectivity index (χ1n) is 8.77. The first-order chi connectivity index (χ1) is 11.2. The molecule has 4 rings (SSSR count). The van der Waals surface area contributed by atoms with Gasteiger partial charge in [-0.05, 0) is 44.4 Å². The molecule has 1 aliphatic carbocycles. The van der Waals surface area contributed by atoms with Crippen LogP contribution in [0.2, 0.25) is 0 Å². The van der Waals surface area contributed by atoms with Crippen LogP contribution in [0, 0.1) is 5.92 Å². The fourth-order valence-corrected chi connectivity index (χ4v) is 4.71. The third kappa shape index (κ3) is 2.35. The smallest absolute Gasteiger partial charge is 0.326 e. The molecular formula is C17H23N3O3. The lowest BCUT2D eigenvalue weighted by molar-refractivity contribution is -0.141. The van der Waals surface area contributed by atoms with Crippen molar-refractivity contribution in [1.29, 1.82) is 0 Å². The molecule has 1 N–H and O–H groups in total. The second-order valence-corrected chi connectivity index (χ2v) is 7.10. The van der Waals surface area contributed by atoms with Crippen LogP contribution >= 0.6 is 0 Å². The average Bonchev–Trinajstić information content (AvgIpc) is 3.16. The molecule has 0 aromatic carbocycles. The summed E-state index contributed by atoms with van der Waals surface area (Å²) in [5.74, 6) is -0.635. The highest BCUT2D eigenvalue weighted by Crippen LogP contribution is 2.40. The maximum absolute atomic E-state index is 13.2. The number of carboxylic acid groups (broad SMARTS) is 1. The van der Waals surface area contributed by atoms with Gasteiger partial charge in [-0.2, -0.15) is 5.10 Å². The predicted molar refractivity (Wildman–Crippen MR) is 83.1 cm³/mol. The zero-order valence-corrected chi connectivity index (χ0v) is 13.3. The summed E-state index contributed by atoms with van der Waals surface area (Å²) < 4.78 is 1.92. The molecule has 0 spiro atoms. The number of hydrogen-bond donors (Lipinski definition) is 1. The number of carbonyl (C=O) groups is 2. The Labute approximate surface area is 135 Å². The zero-order chi connectivity index (χ0) is 16.0. The van der Waals surface area contributed by atoms with E-state index in [2.05, 4.69) is 5.10 Å². The van der Waals surface area contributed by atoms with Gasteiger partial charge < -0.3 is 10.0 Å². The van der Waals surface area contributed by atoms with Crippen molar-refractivity contribution in [1.82, 2.24) is 14.7 Å². The van der Waals surface area contributed by atoms with E-state index in [0.717, 1.165) is 57.2 Å². The lowest BCUT2D eigenvalue weighted by Crippen LogP contribution is -2.46. The van der Waals surface area contributed by atoms with Crippen molar-refractivity contribution < 1.29 is 14.7 Å². The first kappa shape index (κ1) is 14.7. The van der Waals surface area contributed by atoms with Crippen LogP contribution in [0.3, 0.4) is 0 Å². The van der Waals surface area contributed by atoms with Gasteiger partial charge in [0.1, 0.15) is 6.04 Å². The van der Waals surface area contributed by atoms with Gasteiger partial charge in [0.2, 0.25) is 0 Å². The predicted octanol–water partition coefficient (Wildman–Crippen LogP) is 2.08. The Hall–Kier alpha value is -1.85. The quantitative estimate of drug-likeness (QED) is 0.906. The van der Waals surface area contributed by atoms with Gasteiger partial charge in [0.25, 0.3) is 5.91 Å². The van der Waals surface area contributed by atoms with E-state index in [9.17, 15) is 14.7 Å². The molecule has 2 aliphatic heterocycles. The number of carbonyl (C=O) groups excluding carboxylic acids is 1. The van der Waals surface area contributed by atoms with Crippen LogP contribution in [0.15, 0.2) is 6.20 Å². The summed E-state index contributed by atoms with van der Waals surface area (Å²) in [6, 6.07) is -0.578. The molecule has 1 aromatic heterocycles. The maximum atomic E-state index is 13.2. The number of nitrogens with zero attached hydrogens (tertiary/aromatic N) is 3. The van der Waals surface area contributed by atoms with E-state index in [-0.39, 0.29) is 11.9 Å². The molecule has 1 aromatic rings. The minimum absolute atomic E-state index is 0.0940. The summed E-state index contributed by atoms with van der Waals surface area (Å²) in [5.41, 5.74) is 1.62. The molecule has 6 nitrogen and oxygen atoms in total. The Kier molecular flexibility index (Phi) is 3.62. The molecule has 3 heterocycles. The van der Waals surface area contributed by atoms with Crippen molar-refractivity contribution >= 4 is 11.9 Å². The molecule has 1 saturated heterocycles. The van der Waals surface area contributed by atoms with E-state index in [1.54, 1.807) is 11.1 Å². The molecule has 124 valence electrons. The van der Waals surface area contributed by atoms with E-state index >= 15 is 0 Å². The van der Waals surface area contributed by atoms with Crippen LogP contribution in [0.5, 0.6) is 0 Å². The Morgan fingerprint density at radius 2 is 2.00 bits per heavy atom. The minimum atomic E-state index is -0.867. The molecular weight excluding hydrogens is 294 g/mol. The van der Waals surface area contributed by atoms with E-state index in [4.69, 9.17) is 0 Å². The Morgan fingerprint density at radius 3 is 2.83 bits per heavy atom. The molecule has 0 bridgehead atoms. The highest BCUT2D eigenvalue weighted by Gasteiger charge is 2.48. The van der Waals surface area contributed by atoms with Gasteiger partial charge in [-0.3, -0.25) is 9.48 Å². The van der Waals surface area contributed by atoms with Crippen molar-refractivity contribution in [3.8, 4) is 0 Å². The third-order valence-corrected chi connectivity index (χ3v) is 5.82. The second kappa shape index (κ2) is 5.65. The first-order valence-corrected chi connectivity index (χ1v) is 8.77. The Bertz CT molecular complexity index is 639. The van der Waals surface area contributed by atoms with Crippen LogP contribution in [-0.2, 0) is 17.8 Å². The van der Waals surface area contributed by atoms with Crippen LogP contribution in [0.25, 0.3) is 0 Å². The van der Waals surface area contributed by atoms with E-state index in [1.165, 1.54) is 0 Å². The number of carboxylic acids is 1. The standard InChI is InChI=1S/C17H23N3O3/c21-16(12-10-18-19-8-4-3-7-14(12)19)20-13-6-2-1-5-11(13)9-15(20)17(22)23/h10-11,13,15H,1-9H2,(H,22,23). The zero-order valence-electron chi connectivity index (χ0n) is 13.3. The van der Waals surface area contributed by atoms with E-state index in [0.29, 0.717) is 17.9 Å². The van der Waals surface area contributed by atoms with Gasteiger partial charge in [-0.15, -0.1) is 0 Å².